The zero-order valence-electron chi connectivity index (χ0n) is 17.0. The predicted octanol–water partition coefficient (Wildman–Crippen LogP) is 4.28. The van der Waals surface area contributed by atoms with E-state index in [0.29, 0.717) is 20.6 Å². The number of benzene rings is 1. The number of carbonyl (C=O) groups is 2. The number of hydrogen-bond acceptors (Lipinski definition) is 7. The van der Waals surface area contributed by atoms with Crippen LogP contribution in [0.25, 0.3) is 6.08 Å². The fraction of sp³-hybridized carbons (Fsp3) is 0.273. The topological polar surface area (TPSA) is 132 Å². The van der Waals surface area contributed by atoms with Gasteiger partial charge in [0, 0.05) is 9.35 Å². The summed E-state index contributed by atoms with van der Waals surface area (Å²) in [6.45, 7) is -0.546. The highest BCUT2D eigenvalue weighted by Gasteiger charge is 2.23. The van der Waals surface area contributed by atoms with E-state index < -0.39 is 18.5 Å². The molecule has 3 rings (SSSR count). The lowest BCUT2D eigenvalue weighted by atomic mass is 9.96. The molecule has 32 heavy (non-hydrogen) atoms. The monoisotopic (exact) mass is 515 g/mol. The van der Waals surface area contributed by atoms with E-state index in [0.717, 1.165) is 36.1 Å². The summed E-state index contributed by atoms with van der Waals surface area (Å²) in [6, 6.07) is 7.09. The van der Waals surface area contributed by atoms with Gasteiger partial charge in [0.05, 0.1) is 12.7 Å². The Balaban J connectivity index is 1.88. The van der Waals surface area contributed by atoms with Crippen molar-refractivity contribution in [3.8, 4) is 23.6 Å². The van der Waals surface area contributed by atoms with Crippen molar-refractivity contribution >= 4 is 50.2 Å². The van der Waals surface area contributed by atoms with Crippen molar-refractivity contribution in [3.05, 3.63) is 43.7 Å². The minimum Gasteiger partial charge on any atom is -0.493 e. The molecule has 1 amide bonds. The molecule has 2 aromatic rings. The molecule has 1 aromatic heterocycles. The van der Waals surface area contributed by atoms with E-state index in [1.165, 1.54) is 36.7 Å². The van der Waals surface area contributed by atoms with Crippen molar-refractivity contribution in [2.24, 2.45) is 0 Å². The summed E-state index contributed by atoms with van der Waals surface area (Å²) in [7, 11) is 1.39. The summed E-state index contributed by atoms with van der Waals surface area (Å²) in [5.74, 6) is -1.32. The van der Waals surface area contributed by atoms with Gasteiger partial charge in [-0.05, 0) is 55.0 Å². The maximum absolute atomic E-state index is 12.8. The van der Waals surface area contributed by atoms with Crippen molar-refractivity contribution < 1.29 is 24.2 Å². The average molecular weight is 516 g/mol. The number of methoxy groups -OCH3 is 1. The summed E-state index contributed by atoms with van der Waals surface area (Å²) in [5.41, 5.74) is 1.76. The van der Waals surface area contributed by atoms with Crippen molar-refractivity contribution in [2.45, 2.75) is 25.7 Å². The normalized spacial score (nSPS) is 12.8. The van der Waals surface area contributed by atoms with Gasteiger partial charge in [-0.2, -0.15) is 10.5 Å². The van der Waals surface area contributed by atoms with E-state index in [9.17, 15) is 20.1 Å². The van der Waals surface area contributed by atoms with Crippen LogP contribution in [0.2, 0.25) is 0 Å². The van der Waals surface area contributed by atoms with E-state index in [1.54, 1.807) is 0 Å². The standard InChI is InChI=1S/C22H18BrN3O5S/c1-30-17-7-12(16(23)8-18(17)31-11-20(27)28)6-13(9-24)21(29)26-22-15(10-25)14-4-2-3-5-19(14)32-22/h6-8H,2-5,11H2,1H3,(H,26,29)(H,27,28)/b13-6+. The Morgan fingerprint density at radius 2 is 2.03 bits per heavy atom. The molecule has 0 saturated heterocycles. The zero-order chi connectivity index (χ0) is 23.3. The molecule has 0 spiro atoms. The number of aryl methyl sites for hydroxylation is 1. The van der Waals surface area contributed by atoms with Crippen LogP contribution >= 0.6 is 27.3 Å². The second-order valence-corrected chi connectivity index (χ2v) is 8.82. The van der Waals surface area contributed by atoms with Gasteiger partial charge in [-0.1, -0.05) is 15.9 Å². The lowest BCUT2D eigenvalue weighted by Crippen LogP contribution is -2.13. The van der Waals surface area contributed by atoms with Gasteiger partial charge in [0.15, 0.2) is 18.1 Å². The van der Waals surface area contributed by atoms with Gasteiger partial charge in [-0.25, -0.2) is 4.79 Å². The molecular weight excluding hydrogens is 498 g/mol. The van der Waals surface area contributed by atoms with Crippen LogP contribution in [-0.2, 0) is 22.4 Å². The van der Waals surface area contributed by atoms with Gasteiger partial charge in [-0.15, -0.1) is 11.3 Å². The lowest BCUT2D eigenvalue weighted by Gasteiger charge is -2.12. The minimum absolute atomic E-state index is 0.165. The number of nitrogens with zero attached hydrogens (tertiary/aromatic N) is 2. The average Bonchev–Trinajstić information content (AvgIpc) is 3.13. The smallest absolute Gasteiger partial charge is 0.341 e. The van der Waals surface area contributed by atoms with Gasteiger partial charge in [0.25, 0.3) is 5.91 Å². The largest absolute Gasteiger partial charge is 0.493 e. The Kier molecular flexibility index (Phi) is 7.52. The Bertz CT molecular complexity index is 1190. The van der Waals surface area contributed by atoms with Crippen molar-refractivity contribution in [3.63, 3.8) is 0 Å². The number of fused-ring (bicyclic) bond motifs is 1. The molecule has 8 nitrogen and oxygen atoms in total. The van der Waals surface area contributed by atoms with Gasteiger partial charge in [-0.3, -0.25) is 4.79 Å². The third-order valence-electron chi connectivity index (χ3n) is 4.81. The van der Waals surface area contributed by atoms with Crippen molar-refractivity contribution in [1.29, 1.82) is 10.5 Å². The molecule has 0 unspecified atom stereocenters. The van der Waals surface area contributed by atoms with Crippen LogP contribution in [0.5, 0.6) is 11.5 Å². The molecule has 1 aromatic carbocycles. The SMILES string of the molecule is COc1cc(/C=C(\C#N)C(=O)Nc2sc3c(c2C#N)CCCC3)c(Br)cc1OCC(=O)O. The number of hydrogen-bond donors (Lipinski definition) is 2. The number of nitrogens with one attached hydrogen (secondary N) is 1. The molecular formula is C22H18BrN3O5S. The predicted molar refractivity (Wildman–Crippen MR) is 122 cm³/mol. The fourth-order valence-electron chi connectivity index (χ4n) is 3.32. The van der Waals surface area contributed by atoms with Gasteiger partial charge >= 0.3 is 5.97 Å². The van der Waals surface area contributed by atoms with E-state index >= 15 is 0 Å². The number of thiophene rings is 1. The molecule has 0 fully saturated rings. The summed E-state index contributed by atoms with van der Waals surface area (Å²) >= 11 is 4.73. The van der Waals surface area contributed by atoms with Crippen molar-refractivity contribution in [1.82, 2.24) is 0 Å². The van der Waals surface area contributed by atoms with Gasteiger partial charge in [0.1, 0.15) is 22.7 Å². The molecule has 0 aliphatic heterocycles. The molecule has 2 N–H and O–H groups in total. The maximum atomic E-state index is 12.8. The number of amides is 1. The molecule has 1 heterocycles. The number of carboxylic acid groups (broad SMARTS) is 1. The van der Waals surface area contributed by atoms with Gasteiger partial charge in [0.2, 0.25) is 0 Å². The van der Waals surface area contributed by atoms with Gasteiger partial charge < -0.3 is 19.9 Å². The Morgan fingerprint density at radius 3 is 2.69 bits per heavy atom. The molecule has 164 valence electrons. The molecule has 0 bridgehead atoms. The molecule has 10 heteroatoms. The highest BCUT2D eigenvalue weighted by Crippen LogP contribution is 2.38. The quantitative estimate of drug-likeness (QED) is 0.415. The van der Waals surface area contributed by atoms with Crippen LogP contribution in [-0.4, -0.2) is 30.7 Å². The Morgan fingerprint density at radius 1 is 1.28 bits per heavy atom. The summed E-state index contributed by atoms with van der Waals surface area (Å²) in [6.07, 6.45) is 5.14. The van der Waals surface area contributed by atoms with Crippen LogP contribution in [0.4, 0.5) is 5.00 Å². The van der Waals surface area contributed by atoms with Crippen LogP contribution in [0.1, 0.15) is 34.4 Å². The second-order valence-electron chi connectivity index (χ2n) is 6.86. The summed E-state index contributed by atoms with van der Waals surface area (Å²) in [4.78, 5) is 24.7. The minimum atomic E-state index is -1.14. The number of ether oxygens (including phenoxy) is 2. The Hall–Kier alpha value is -3.34. The number of carboxylic acids is 1. The van der Waals surface area contributed by atoms with E-state index in [4.69, 9.17) is 14.6 Å². The van der Waals surface area contributed by atoms with Crippen LogP contribution in [0.15, 0.2) is 22.2 Å². The number of anilines is 1. The van der Waals surface area contributed by atoms with Crippen LogP contribution in [0, 0.1) is 22.7 Å². The third kappa shape index (κ3) is 5.10. The van der Waals surface area contributed by atoms with Crippen molar-refractivity contribution in [2.75, 3.05) is 19.0 Å². The first-order chi connectivity index (χ1) is 15.4. The lowest BCUT2D eigenvalue weighted by molar-refractivity contribution is -0.139. The van der Waals surface area contributed by atoms with E-state index in [1.807, 2.05) is 6.07 Å². The highest BCUT2D eigenvalue weighted by atomic mass is 79.9. The summed E-state index contributed by atoms with van der Waals surface area (Å²) in [5, 5.41) is 31.1. The number of rotatable bonds is 7. The summed E-state index contributed by atoms with van der Waals surface area (Å²) < 4.78 is 10.9. The maximum Gasteiger partial charge on any atom is 0.341 e. The first-order valence-corrected chi connectivity index (χ1v) is 11.2. The zero-order valence-corrected chi connectivity index (χ0v) is 19.4. The highest BCUT2D eigenvalue weighted by molar-refractivity contribution is 9.10. The van der Waals surface area contributed by atoms with Crippen LogP contribution < -0.4 is 14.8 Å². The molecule has 1 aliphatic rings. The van der Waals surface area contributed by atoms with Crippen LogP contribution in [0.3, 0.4) is 0 Å². The van der Waals surface area contributed by atoms with E-state index in [2.05, 4.69) is 27.3 Å². The first kappa shape index (κ1) is 23.3. The first-order valence-electron chi connectivity index (χ1n) is 9.57. The molecule has 0 radical (unpaired) electrons. The molecule has 0 saturated carbocycles. The molecule has 0 atom stereocenters. The van der Waals surface area contributed by atoms with E-state index in [-0.39, 0.29) is 17.1 Å². The Labute approximate surface area is 196 Å². The number of aliphatic carboxylic acids is 1. The number of halogens is 1. The number of nitriles is 2. The second kappa shape index (κ2) is 10.3. The fourth-order valence-corrected chi connectivity index (χ4v) is 4.99. The third-order valence-corrected chi connectivity index (χ3v) is 6.70. The molecule has 1 aliphatic carbocycles. The number of carbonyl (C=O) groups excluding carboxylic acids is 1.